The number of amides is 1. The highest BCUT2D eigenvalue weighted by Gasteiger charge is 2.35. The summed E-state index contributed by atoms with van der Waals surface area (Å²) in [6.07, 6.45) is 3.81. The van der Waals surface area contributed by atoms with E-state index in [1.165, 1.54) is 12.8 Å². The Balaban J connectivity index is 1.89. The Morgan fingerprint density at radius 2 is 2.26 bits per heavy atom. The molecule has 2 unspecified atom stereocenters. The van der Waals surface area contributed by atoms with Crippen LogP contribution in [0.15, 0.2) is 0 Å². The number of hydrogen-bond acceptors (Lipinski definition) is 4. The number of nitrogens with one attached hydrogen (secondary N) is 1. The molecular weight excluding hydrogens is 244 g/mol. The highest BCUT2D eigenvalue weighted by atomic mass is 16.5. The number of nitrogens with zero attached hydrogens (tertiary/aromatic N) is 1. The Labute approximate surface area is 115 Å². The maximum Gasteiger partial charge on any atom is 0.224 e. The highest BCUT2D eigenvalue weighted by molar-refractivity contribution is 5.77. The molecule has 2 rings (SSSR count). The lowest BCUT2D eigenvalue weighted by molar-refractivity contribution is -0.167. The van der Waals surface area contributed by atoms with Crippen LogP contribution in [0, 0.1) is 0 Å². The number of rotatable bonds is 3. The molecular formula is C14H26N2O3. The van der Waals surface area contributed by atoms with Crippen LogP contribution >= 0.6 is 0 Å². The largest absolute Gasteiger partial charge is 0.394 e. The zero-order chi connectivity index (χ0) is 13.9. The number of carbonyl (C=O) groups excluding carboxylic acids is 1. The maximum atomic E-state index is 12.4. The van der Waals surface area contributed by atoms with Crippen molar-refractivity contribution in [3.05, 3.63) is 0 Å². The van der Waals surface area contributed by atoms with Crippen LogP contribution in [-0.4, -0.2) is 59.9 Å². The van der Waals surface area contributed by atoms with E-state index in [2.05, 4.69) is 5.32 Å². The molecule has 0 spiro atoms. The molecule has 1 amide bonds. The van der Waals surface area contributed by atoms with Crippen LogP contribution in [0.4, 0.5) is 0 Å². The standard InChI is InChI=1S/C14H26N2O3/c1-14(2)10-16(8-12(9-17)19-14)13(18)7-11-5-3-4-6-15-11/h11-12,15,17H,3-10H2,1-2H3. The van der Waals surface area contributed by atoms with Gasteiger partial charge in [0.15, 0.2) is 0 Å². The van der Waals surface area contributed by atoms with Crippen LogP contribution < -0.4 is 5.32 Å². The fraction of sp³-hybridized carbons (Fsp3) is 0.929. The van der Waals surface area contributed by atoms with Crippen LogP contribution in [0.2, 0.25) is 0 Å². The second kappa shape index (κ2) is 6.20. The van der Waals surface area contributed by atoms with Crippen LogP contribution in [0.5, 0.6) is 0 Å². The lowest BCUT2D eigenvalue weighted by Gasteiger charge is -2.42. The van der Waals surface area contributed by atoms with Crippen molar-refractivity contribution >= 4 is 5.91 Å². The molecule has 2 heterocycles. The van der Waals surface area contributed by atoms with Crippen LogP contribution in [0.1, 0.15) is 39.5 Å². The third-order valence-corrected chi connectivity index (χ3v) is 3.87. The van der Waals surface area contributed by atoms with Gasteiger partial charge in [-0.3, -0.25) is 4.79 Å². The minimum Gasteiger partial charge on any atom is -0.394 e. The van der Waals surface area contributed by atoms with Crippen molar-refractivity contribution < 1.29 is 14.6 Å². The molecule has 0 aromatic carbocycles. The molecule has 0 aliphatic carbocycles. The third-order valence-electron chi connectivity index (χ3n) is 3.87. The van der Waals surface area contributed by atoms with Crippen molar-refractivity contribution in [3.63, 3.8) is 0 Å². The number of hydrogen-bond donors (Lipinski definition) is 2. The Bertz CT molecular complexity index is 314. The first-order valence-electron chi connectivity index (χ1n) is 7.30. The fourth-order valence-electron chi connectivity index (χ4n) is 3.02. The van der Waals surface area contributed by atoms with Crippen molar-refractivity contribution in [2.75, 3.05) is 26.2 Å². The van der Waals surface area contributed by atoms with E-state index in [-0.39, 0.29) is 24.2 Å². The van der Waals surface area contributed by atoms with Gasteiger partial charge in [0.1, 0.15) is 0 Å². The maximum absolute atomic E-state index is 12.4. The molecule has 5 heteroatoms. The summed E-state index contributed by atoms with van der Waals surface area (Å²) in [7, 11) is 0. The summed E-state index contributed by atoms with van der Waals surface area (Å²) >= 11 is 0. The quantitative estimate of drug-likeness (QED) is 0.785. The lowest BCUT2D eigenvalue weighted by Crippen LogP contribution is -2.56. The minimum absolute atomic E-state index is 0.0328. The van der Waals surface area contributed by atoms with Crippen molar-refractivity contribution in [2.24, 2.45) is 0 Å². The average Bonchev–Trinajstić information content (AvgIpc) is 2.38. The van der Waals surface area contributed by atoms with Gasteiger partial charge in [0.2, 0.25) is 5.91 Å². The summed E-state index contributed by atoms with van der Waals surface area (Å²) in [6.45, 7) is 6.03. The number of carbonyl (C=O) groups is 1. The molecule has 110 valence electrons. The number of aliphatic hydroxyl groups is 1. The Morgan fingerprint density at radius 3 is 2.89 bits per heavy atom. The number of aliphatic hydroxyl groups excluding tert-OH is 1. The van der Waals surface area contributed by atoms with Gasteiger partial charge < -0.3 is 20.1 Å². The molecule has 2 aliphatic heterocycles. The van der Waals surface area contributed by atoms with Gasteiger partial charge in [-0.2, -0.15) is 0 Å². The summed E-state index contributed by atoms with van der Waals surface area (Å²) in [5, 5.41) is 12.7. The monoisotopic (exact) mass is 270 g/mol. The van der Waals surface area contributed by atoms with E-state index in [1.54, 1.807) is 0 Å². The van der Waals surface area contributed by atoms with Crippen LogP contribution in [-0.2, 0) is 9.53 Å². The van der Waals surface area contributed by atoms with Gasteiger partial charge in [-0.15, -0.1) is 0 Å². The highest BCUT2D eigenvalue weighted by Crippen LogP contribution is 2.22. The Hall–Kier alpha value is -0.650. The molecule has 2 aliphatic rings. The number of ether oxygens (including phenoxy) is 1. The van der Waals surface area contributed by atoms with Gasteiger partial charge in [0.25, 0.3) is 0 Å². The molecule has 2 fully saturated rings. The Kier molecular flexibility index (Phi) is 4.81. The van der Waals surface area contributed by atoms with Crippen molar-refractivity contribution in [1.82, 2.24) is 10.2 Å². The van der Waals surface area contributed by atoms with Gasteiger partial charge in [-0.05, 0) is 33.2 Å². The molecule has 19 heavy (non-hydrogen) atoms. The van der Waals surface area contributed by atoms with E-state index in [1.807, 2.05) is 18.7 Å². The van der Waals surface area contributed by atoms with Crippen LogP contribution in [0.3, 0.4) is 0 Å². The predicted octanol–water partition coefficient (Wildman–Crippen LogP) is 0.517. The summed E-state index contributed by atoms with van der Waals surface area (Å²) in [5.41, 5.74) is -0.374. The first-order valence-corrected chi connectivity index (χ1v) is 7.30. The summed E-state index contributed by atoms with van der Waals surface area (Å²) in [5.74, 6) is 0.175. The zero-order valence-corrected chi connectivity index (χ0v) is 12.0. The van der Waals surface area contributed by atoms with Gasteiger partial charge in [0, 0.05) is 25.6 Å². The van der Waals surface area contributed by atoms with Gasteiger partial charge in [-0.1, -0.05) is 6.42 Å². The van der Waals surface area contributed by atoms with Crippen molar-refractivity contribution in [1.29, 1.82) is 0 Å². The van der Waals surface area contributed by atoms with Crippen LogP contribution in [0.25, 0.3) is 0 Å². The van der Waals surface area contributed by atoms with Crippen molar-refractivity contribution in [3.8, 4) is 0 Å². The first kappa shape index (κ1) is 14.8. The molecule has 0 aromatic rings. The zero-order valence-electron chi connectivity index (χ0n) is 12.0. The molecule has 2 N–H and O–H groups in total. The molecule has 0 aromatic heterocycles. The average molecular weight is 270 g/mol. The van der Waals surface area contributed by atoms with E-state index in [0.717, 1.165) is 13.0 Å². The first-order chi connectivity index (χ1) is 9.00. The normalized spacial score (nSPS) is 31.2. The summed E-state index contributed by atoms with van der Waals surface area (Å²) in [4.78, 5) is 14.2. The third kappa shape index (κ3) is 4.16. The van der Waals surface area contributed by atoms with E-state index < -0.39 is 0 Å². The number of piperidine rings is 1. The molecule has 2 atom stereocenters. The molecule has 0 bridgehead atoms. The van der Waals surface area contributed by atoms with E-state index in [0.29, 0.717) is 25.6 Å². The van der Waals surface area contributed by atoms with Gasteiger partial charge in [0.05, 0.1) is 18.3 Å². The SMILES string of the molecule is CC1(C)CN(C(=O)CC2CCCCN2)CC(CO)O1. The summed E-state index contributed by atoms with van der Waals surface area (Å²) in [6, 6.07) is 0.319. The molecule has 2 saturated heterocycles. The lowest BCUT2D eigenvalue weighted by atomic mass is 10.00. The van der Waals surface area contributed by atoms with E-state index in [9.17, 15) is 9.90 Å². The summed E-state index contributed by atoms with van der Waals surface area (Å²) < 4.78 is 5.73. The number of morpholine rings is 1. The molecule has 0 saturated carbocycles. The Morgan fingerprint density at radius 1 is 1.47 bits per heavy atom. The van der Waals surface area contributed by atoms with E-state index in [4.69, 9.17) is 4.74 Å². The predicted molar refractivity (Wildman–Crippen MR) is 72.9 cm³/mol. The minimum atomic E-state index is -0.374. The van der Waals surface area contributed by atoms with E-state index >= 15 is 0 Å². The molecule has 0 radical (unpaired) electrons. The second-order valence-corrected chi connectivity index (χ2v) is 6.31. The smallest absolute Gasteiger partial charge is 0.224 e. The fourth-order valence-corrected chi connectivity index (χ4v) is 3.02. The second-order valence-electron chi connectivity index (χ2n) is 6.31. The van der Waals surface area contributed by atoms with Gasteiger partial charge in [-0.25, -0.2) is 0 Å². The van der Waals surface area contributed by atoms with Gasteiger partial charge >= 0.3 is 0 Å². The molecule has 5 nitrogen and oxygen atoms in total. The topological polar surface area (TPSA) is 61.8 Å². The van der Waals surface area contributed by atoms with Crippen molar-refractivity contribution in [2.45, 2.75) is 57.3 Å².